The Bertz CT molecular complexity index is 1230. The molecule has 4 rings (SSSR count). The quantitative estimate of drug-likeness (QED) is 0.236. The summed E-state index contributed by atoms with van der Waals surface area (Å²) >= 11 is 7.82. The van der Waals surface area contributed by atoms with Crippen molar-refractivity contribution >= 4 is 63.1 Å². The predicted molar refractivity (Wildman–Crippen MR) is 137 cm³/mol. The zero-order valence-electron chi connectivity index (χ0n) is 18.9. The zero-order valence-corrected chi connectivity index (χ0v) is 21.9. The molecule has 0 bridgehead atoms. The zero-order chi connectivity index (χ0) is 25.1. The highest BCUT2D eigenvalue weighted by Crippen LogP contribution is 2.30. The maximum atomic E-state index is 13.5. The molecular formula is C23H22IN5O5S. The summed E-state index contributed by atoms with van der Waals surface area (Å²) in [5.74, 6) is -0.706. The molecule has 10 nitrogen and oxygen atoms in total. The lowest BCUT2D eigenvalue weighted by molar-refractivity contribution is -0.746. The van der Waals surface area contributed by atoms with Crippen molar-refractivity contribution in [3.8, 4) is 11.7 Å². The van der Waals surface area contributed by atoms with Crippen molar-refractivity contribution in [1.29, 1.82) is 0 Å². The molecule has 3 aromatic rings. The van der Waals surface area contributed by atoms with Crippen LogP contribution in [0.2, 0.25) is 0 Å². The van der Waals surface area contributed by atoms with Crippen LogP contribution in [0.15, 0.2) is 53.1 Å². The molecule has 0 radical (unpaired) electrons. The number of anilines is 2. The van der Waals surface area contributed by atoms with Gasteiger partial charge in [0.2, 0.25) is 5.91 Å². The molecule has 2 aromatic carbocycles. The standard InChI is InChI=1S/C23H22IN5O5S/c1-3-33-17-10-8-16(9-11-17)29-21(31)18(12-20(30)25-15-6-4-14(24)5-7-15)28(23(29)35)13-19-22(32)34-26-27(19)2/h4-11,18H,3,12-13H2,1-2H3,(H-,25,26,30,32). The molecule has 1 fully saturated rings. The Balaban J connectivity index is 1.61. The Hall–Kier alpha value is -3.26. The monoisotopic (exact) mass is 607 g/mol. The van der Waals surface area contributed by atoms with E-state index in [1.807, 2.05) is 19.1 Å². The van der Waals surface area contributed by atoms with Crippen LogP contribution in [0.1, 0.15) is 19.0 Å². The summed E-state index contributed by atoms with van der Waals surface area (Å²) < 4.78 is 12.5. The lowest BCUT2D eigenvalue weighted by Gasteiger charge is -2.22. The molecule has 12 heteroatoms. The van der Waals surface area contributed by atoms with Crippen LogP contribution in [0.25, 0.3) is 0 Å². The van der Waals surface area contributed by atoms with E-state index in [0.29, 0.717) is 23.7 Å². The van der Waals surface area contributed by atoms with Crippen LogP contribution in [0.3, 0.4) is 0 Å². The molecular weight excluding hydrogens is 585 g/mol. The van der Waals surface area contributed by atoms with Gasteiger partial charge < -0.3 is 24.6 Å². The highest BCUT2D eigenvalue weighted by molar-refractivity contribution is 14.1. The number of ether oxygens (including phenoxy) is 1. The molecule has 1 saturated heterocycles. The number of thiocarbonyl (C=S) groups is 1. The molecule has 1 aliphatic rings. The van der Waals surface area contributed by atoms with Crippen LogP contribution in [0, 0.1) is 3.57 Å². The average Bonchev–Trinajstić information content (AvgIpc) is 3.27. The molecule has 1 N–H and O–H groups in total. The lowest BCUT2D eigenvalue weighted by Crippen LogP contribution is -2.42. The molecule has 1 atom stereocenters. The van der Waals surface area contributed by atoms with E-state index in [1.54, 1.807) is 48.3 Å². The largest absolute Gasteiger partial charge is 0.539 e. The van der Waals surface area contributed by atoms with Crippen molar-refractivity contribution in [2.45, 2.75) is 25.9 Å². The fourth-order valence-electron chi connectivity index (χ4n) is 3.69. The Morgan fingerprint density at radius 1 is 1.26 bits per heavy atom. The van der Waals surface area contributed by atoms with E-state index in [9.17, 15) is 14.7 Å². The van der Waals surface area contributed by atoms with Crippen molar-refractivity contribution < 1.29 is 28.6 Å². The molecule has 0 spiro atoms. The molecule has 35 heavy (non-hydrogen) atoms. The minimum Gasteiger partial charge on any atom is -0.539 e. The van der Waals surface area contributed by atoms with Crippen LogP contribution in [0.4, 0.5) is 11.4 Å². The highest BCUT2D eigenvalue weighted by Gasteiger charge is 2.45. The van der Waals surface area contributed by atoms with Gasteiger partial charge >= 0.3 is 0 Å². The lowest BCUT2D eigenvalue weighted by atomic mass is 10.1. The second-order valence-corrected chi connectivity index (χ2v) is 9.33. The fourth-order valence-corrected chi connectivity index (χ4v) is 4.44. The summed E-state index contributed by atoms with van der Waals surface area (Å²) in [7, 11) is 1.56. The number of hydrogen-bond donors (Lipinski definition) is 1. The van der Waals surface area contributed by atoms with Gasteiger partial charge in [0.15, 0.2) is 18.1 Å². The number of hydrogen-bond acceptors (Lipinski definition) is 7. The number of halogens is 1. The van der Waals surface area contributed by atoms with Gasteiger partial charge in [-0.05, 0) is 90.3 Å². The number of nitrogens with zero attached hydrogens (tertiary/aromatic N) is 4. The fraction of sp³-hybridized carbons (Fsp3) is 0.261. The van der Waals surface area contributed by atoms with Crippen LogP contribution in [0.5, 0.6) is 11.7 Å². The normalized spacial score (nSPS) is 15.6. The van der Waals surface area contributed by atoms with Gasteiger partial charge in [0.1, 0.15) is 18.3 Å². The van der Waals surface area contributed by atoms with Gasteiger partial charge in [0.05, 0.1) is 24.0 Å². The number of rotatable bonds is 8. The minimum absolute atomic E-state index is 0.0432. The van der Waals surface area contributed by atoms with Crippen molar-refractivity contribution in [2.24, 2.45) is 7.05 Å². The Labute approximate surface area is 220 Å². The maximum Gasteiger partial charge on any atom is 0.256 e. The molecule has 1 unspecified atom stereocenters. The van der Waals surface area contributed by atoms with Crippen molar-refractivity contribution in [3.05, 3.63) is 57.8 Å². The smallest absolute Gasteiger partial charge is 0.256 e. The number of carbonyl (C=O) groups is 2. The number of benzene rings is 2. The van der Waals surface area contributed by atoms with E-state index < -0.39 is 12.0 Å². The van der Waals surface area contributed by atoms with E-state index in [2.05, 4.69) is 33.2 Å². The first-order valence-electron chi connectivity index (χ1n) is 10.7. The minimum atomic E-state index is -0.924. The molecule has 1 aliphatic heterocycles. The van der Waals surface area contributed by atoms with E-state index in [1.165, 1.54) is 9.58 Å². The maximum absolute atomic E-state index is 13.5. The first-order chi connectivity index (χ1) is 16.8. The van der Waals surface area contributed by atoms with Crippen molar-refractivity contribution in [2.75, 3.05) is 16.8 Å². The molecule has 182 valence electrons. The summed E-state index contributed by atoms with van der Waals surface area (Å²) in [6.07, 6.45) is -0.165. The van der Waals surface area contributed by atoms with Gasteiger partial charge in [0.25, 0.3) is 11.6 Å². The summed E-state index contributed by atoms with van der Waals surface area (Å²) in [5.41, 5.74) is 1.36. The number of aryl methyl sites for hydroxylation is 1. The topological polar surface area (TPSA) is 115 Å². The first kappa shape index (κ1) is 24.9. The summed E-state index contributed by atoms with van der Waals surface area (Å²) in [6.45, 7) is 2.35. The summed E-state index contributed by atoms with van der Waals surface area (Å²) in [4.78, 5) is 29.3. The third-order valence-corrected chi connectivity index (χ3v) is 6.56. The van der Waals surface area contributed by atoms with Gasteiger partial charge in [-0.25, -0.2) is 0 Å². The second kappa shape index (κ2) is 10.6. The predicted octanol–water partition coefficient (Wildman–Crippen LogP) is 2.11. The van der Waals surface area contributed by atoms with Gasteiger partial charge in [0, 0.05) is 9.26 Å². The third-order valence-electron chi connectivity index (χ3n) is 5.42. The Kier molecular flexibility index (Phi) is 7.50. The van der Waals surface area contributed by atoms with Crippen LogP contribution in [-0.2, 0) is 23.2 Å². The summed E-state index contributed by atoms with van der Waals surface area (Å²) in [5, 5.41) is 18.8. The number of aromatic nitrogens is 2. The van der Waals surface area contributed by atoms with Gasteiger partial charge in [-0.15, -0.1) is 0 Å². The second-order valence-electron chi connectivity index (χ2n) is 7.72. The van der Waals surface area contributed by atoms with Crippen molar-refractivity contribution in [1.82, 2.24) is 10.2 Å². The first-order valence-corrected chi connectivity index (χ1v) is 12.2. The molecule has 2 heterocycles. The third kappa shape index (κ3) is 5.37. The molecule has 0 saturated carbocycles. The van der Waals surface area contributed by atoms with Crippen molar-refractivity contribution in [3.63, 3.8) is 0 Å². The highest BCUT2D eigenvalue weighted by atomic mass is 127. The average molecular weight is 607 g/mol. The van der Waals surface area contributed by atoms with E-state index in [0.717, 1.165) is 3.57 Å². The van der Waals surface area contributed by atoms with E-state index >= 15 is 0 Å². The Morgan fingerprint density at radius 2 is 1.94 bits per heavy atom. The van der Waals surface area contributed by atoms with E-state index in [4.69, 9.17) is 21.5 Å². The van der Waals surface area contributed by atoms with Gasteiger partial charge in [-0.3, -0.25) is 14.5 Å². The van der Waals surface area contributed by atoms with Crippen LogP contribution >= 0.6 is 34.8 Å². The van der Waals surface area contributed by atoms with E-state index in [-0.39, 0.29) is 35.6 Å². The SMILES string of the molecule is CCOc1ccc(N2C(=O)C(CC(=O)Nc3ccc(I)cc3)N(Cc3c([O-])on[n+]3C)C2=S)cc1. The Morgan fingerprint density at radius 3 is 2.54 bits per heavy atom. The number of carbonyl (C=O) groups excluding carboxylic acids is 2. The molecule has 1 aromatic heterocycles. The van der Waals surface area contributed by atoms with Gasteiger partial charge in [-0.2, -0.15) is 0 Å². The molecule has 2 amide bonds. The number of nitrogens with one attached hydrogen (secondary N) is 1. The summed E-state index contributed by atoms with van der Waals surface area (Å²) in [6, 6.07) is 13.3. The van der Waals surface area contributed by atoms with Crippen LogP contribution in [-0.4, -0.2) is 39.7 Å². The number of amides is 2. The molecule has 0 aliphatic carbocycles. The van der Waals surface area contributed by atoms with Gasteiger partial charge in [-0.1, -0.05) is 4.68 Å². The van der Waals surface area contributed by atoms with Crippen LogP contribution < -0.4 is 24.7 Å².